The Hall–Kier alpha value is -1.32. The molecule has 1 aliphatic rings. The van der Waals surface area contributed by atoms with Crippen molar-refractivity contribution < 1.29 is 4.79 Å². The Kier molecular flexibility index (Phi) is 4.61. The van der Waals surface area contributed by atoms with Gasteiger partial charge in [0.05, 0.1) is 0 Å². The molecule has 1 saturated heterocycles. The Labute approximate surface area is 119 Å². The van der Waals surface area contributed by atoms with Gasteiger partial charge in [0.2, 0.25) is 5.91 Å². The van der Waals surface area contributed by atoms with E-state index in [1.807, 2.05) is 23.1 Å². The number of piperazine rings is 1. The maximum atomic E-state index is 11.5. The van der Waals surface area contributed by atoms with Crippen molar-refractivity contribution in [2.45, 2.75) is 13.0 Å². The maximum Gasteiger partial charge on any atom is 0.246 e. The Balaban J connectivity index is 2.00. The number of carbonyl (C=O) groups is 1. The number of amides is 1. The highest BCUT2D eigenvalue weighted by atomic mass is 35.5. The van der Waals surface area contributed by atoms with E-state index in [0.29, 0.717) is 0 Å². The van der Waals surface area contributed by atoms with Crippen LogP contribution < -0.4 is 0 Å². The summed E-state index contributed by atoms with van der Waals surface area (Å²) in [6.07, 6.45) is 1.38. The lowest BCUT2D eigenvalue weighted by Gasteiger charge is -2.38. The van der Waals surface area contributed by atoms with Gasteiger partial charge in [-0.1, -0.05) is 36.4 Å². The highest BCUT2D eigenvalue weighted by molar-refractivity contribution is 6.31. The van der Waals surface area contributed by atoms with E-state index < -0.39 is 0 Å². The summed E-state index contributed by atoms with van der Waals surface area (Å²) in [4.78, 5) is 15.7. The Morgan fingerprint density at radius 1 is 1.32 bits per heavy atom. The fourth-order valence-electron chi connectivity index (χ4n) is 2.47. The summed E-state index contributed by atoms with van der Waals surface area (Å²) in [6.45, 7) is 8.92. The van der Waals surface area contributed by atoms with Crippen LogP contribution in [0.5, 0.6) is 0 Å². The van der Waals surface area contributed by atoms with Crippen molar-refractivity contribution in [2.75, 3.05) is 26.2 Å². The van der Waals surface area contributed by atoms with Crippen molar-refractivity contribution in [1.29, 1.82) is 0 Å². The largest absolute Gasteiger partial charge is 0.337 e. The number of rotatable bonds is 3. The average molecular weight is 279 g/mol. The lowest BCUT2D eigenvalue weighted by Crippen LogP contribution is -2.48. The molecule has 3 nitrogen and oxygen atoms in total. The van der Waals surface area contributed by atoms with Crippen LogP contribution in [0.25, 0.3) is 0 Å². The summed E-state index contributed by atoms with van der Waals surface area (Å²) in [6, 6.07) is 8.21. The molecule has 0 aliphatic carbocycles. The predicted octanol–water partition coefficient (Wildman–Crippen LogP) is 2.73. The third kappa shape index (κ3) is 3.17. The van der Waals surface area contributed by atoms with Gasteiger partial charge in [0.1, 0.15) is 0 Å². The van der Waals surface area contributed by atoms with Gasteiger partial charge in [0, 0.05) is 37.2 Å². The first-order valence-corrected chi connectivity index (χ1v) is 6.91. The zero-order valence-electron chi connectivity index (χ0n) is 11.2. The summed E-state index contributed by atoms with van der Waals surface area (Å²) < 4.78 is 0. The van der Waals surface area contributed by atoms with Crippen LogP contribution in [0.4, 0.5) is 0 Å². The molecule has 19 heavy (non-hydrogen) atoms. The first-order chi connectivity index (χ1) is 9.13. The van der Waals surface area contributed by atoms with Gasteiger partial charge in [-0.15, -0.1) is 0 Å². The molecule has 1 atom stereocenters. The number of benzene rings is 1. The van der Waals surface area contributed by atoms with Crippen molar-refractivity contribution in [1.82, 2.24) is 9.80 Å². The second kappa shape index (κ2) is 6.22. The van der Waals surface area contributed by atoms with Crippen LogP contribution in [0.15, 0.2) is 36.9 Å². The van der Waals surface area contributed by atoms with Crippen LogP contribution in [0, 0.1) is 0 Å². The lowest BCUT2D eigenvalue weighted by molar-refractivity contribution is -0.128. The molecule has 0 spiro atoms. The molecule has 1 aromatic rings. The Morgan fingerprint density at radius 2 is 1.95 bits per heavy atom. The molecule has 2 rings (SSSR count). The number of hydrogen-bond acceptors (Lipinski definition) is 2. The quantitative estimate of drug-likeness (QED) is 0.794. The molecule has 1 fully saturated rings. The van der Waals surface area contributed by atoms with E-state index in [-0.39, 0.29) is 11.9 Å². The normalized spacial score (nSPS) is 18.1. The minimum Gasteiger partial charge on any atom is -0.337 e. The van der Waals surface area contributed by atoms with Gasteiger partial charge in [-0.25, -0.2) is 0 Å². The molecule has 1 unspecified atom stereocenters. The van der Waals surface area contributed by atoms with Crippen LogP contribution in [-0.2, 0) is 4.79 Å². The first-order valence-electron chi connectivity index (χ1n) is 6.53. The van der Waals surface area contributed by atoms with Gasteiger partial charge >= 0.3 is 0 Å². The van der Waals surface area contributed by atoms with E-state index in [9.17, 15) is 4.79 Å². The molecule has 102 valence electrons. The summed E-state index contributed by atoms with van der Waals surface area (Å²) >= 11 is 6.24. The van der Waals surface area contributed by atoms with E-state index in [1.165, 1.54) is 6.08 Å². The fraction of sp³-hybridized carbons (Fsp3) is 0.400. The number of nitrogens with zero attached hydrogens (tertiary/aromatic N) is 2. The monoisotopic (exact) mass is 278 g/mol. The smallest absolute Gasteiger partial charge is 0.246 e. The van der Waals surface area contributed by atoms with E-state index in [4.69, 9.17) is 11.6 Å². The topological polar surface area (TPSA) is 23.6 Å². The molecular weight excluding hydrogens is 260 g/mol. The predicted molar refractivity (Wildman–Crippen MR) is 78.2 cm³/mol. The summed E-state index contributed by atoms with van der Waals surface area (Å²) in [7, 11) is 0. The molecule has 0 bridgehead atoms. The van der Waals surface area contributed by atoms with Gasteiger partial charge in [0.25, 0.3) is 0 Å². The van der Waals surface area contributed by atoms with Gasteiger partial charge in [-0.3, -0.25) is 9.69 Å². The molecule has 1 aliphatic heterocycles. The molecular formula is C15H19ClN2O. The second-order valence-corrected chi connectivity index (χ2v) is 5.17. The zero-order valence-corrected chi connectivity index (χ0v) is 11.9. The highest BCUT2D eigenvalue weighted by Gasteiger charge is 2.24. The van der Waals surface area contributed by atoms with Crippen LogP contribution in [0.2, 0.25) is 5.02 Å². The number of halogens is 1. The molecule has 0 aromatic heterocycles. The molecule has 0 N–H and O–H groups in total. The maximum absolute atomic E-state index is 11.5. The Morgan fingerprint density at radius 3 is 2.53 bits per heavy atom. The fourth-order valence-corrected chi connectivity index (χ4v) is 2.76. The lowest BCUT2D eigenvalue weighted by atomic mass is 10.1. The van der Waals surface area contributed by atoms with Crippen molar-refractivity contribution in [3.05, 3.63) is 47.5 Å². The van der Waals surface area contributed by atoms with E-state index in [2.05, 4.69) is 24.5 Å². The van der Waals surface area contributed by atoms with Gasteiger partial charge in [-0.05, 0) is 24.6 Å². The van der Waals surface area contributed by atoms with Crippen molar-refractivity contribution in [2.24, 2.45) is 0 Å². The standard InChI is InChI=1S/C15H19ClN2O/c1-3-15(19)18-10-8-17(9-11-18)12(2)13-6-4-5-7-14(13)16/h3-7,12H,1,8-11H2,2H3. The molecule has 0 radical (unpaired) electrons. The van der Waals surface area contributed by atoms with Gasteiger partial charge < -0.3 is 4.90 Å². The highest BCUT2D eigenvalue weighted by Crippen LogP contribution is 2.27. The third-order valence-corrected chi connectivity index (χ3v) is 4.05. The van der Waals surface area contributed by atoms with Crippen LogP contribution in [0.3, 0.4) is 0 Å². The number of carbonyl (C=O) groups excluding carboxylic acids is 1. The van der Waals surface area contributed by atoms with E-state index in [0.717, 1.165) is 36.8 Å². The molecule has 4 heteroatoms. The SMILES string of the molecule is C=CC(=O)N1CCN(C(C)c2ccccc2Cl)CC1. The summed E-state index contributed by atoms with van der Waals surface area (Å²) in [5, 5.41) is 0.805. The third-order valence-electron chi connectivity index (χ3n) is 3.70. The Bertz CT molecular complexity index is 467. The second-order valence-electron chi connectivity index (χ2n) is 4.76. The summed E-state index contributed by atoms with van der Waals surface area (Å²) in [5.74, 6) is 0.0186. The molecule has 1 amide bonds. The van der Waals surface area contributed by atoms with Crippen molar-refractivity contribution >= 4 is 17.5 Å². The minimum atomic E-state index is 0.0186. The van der Waals surface area contributed by atoms with Crippen LogP contribution in [-0.4, -0.2) is 41.9 Å². The van der Waals surface area contributed by atoms with Crippen molar-refractivity contribution in [3.8, 4) is 0 Å². The van der Waals surface area contributed by atoms with Crippen LogP contribution >= 0.6 is 11.6 Å². The van der Waals surface area contributed by atoms with Gasteiger partial charge in [0.15, 0.2) is 0 Å². The number of hydrogen-bond donors (Lipinski definition) is 0. The van der Waals surface area contributed by atoms with Crippen LogP contribution in [0.1, 0.15) is 18.5 Å². The van der Waals surface area contributed by atoms with Crippen molar-refractivity contribution in [3.63, 3.8) is 0 Å². The first kappa shape index (κ1) is 14.1. The summed E-state index contributed by atoms with van der Waals surface area (Å²) in [5.41, 5.74) is 1.15. The molecule has 0 saturated carbocycles. The minimum absolute atomic E-state index is 0.0186. The molecule has 1 heterocycles. The molecule has 1 aromatic carbocycles. The zero-order chi connectivity index (χ0) is 13.8. The van der Waals surface area contributed by atoms with E-state index in [1.54, 1.807) is 0 Å². The van der Waals surface area contributed by atoms with Gasteiger partial charge in [-0.2, -0.15) is 0 Å². The van der Waals surface area contributed by atoms with E-state index >= 15 is 0 Å². The average Bonchev–Trinajstić information content (AvgIpc) is 2.46.